The number of nitrogens with zero attached hydrogens (tertiary/aromatic N) is 1. The monoisotopic (exact) mass is 356 g/mol. The molecule has 1 atom stereocenters. The van der Waals surface area contributed by atoms with Gasteiger partial charge in [-0.3, -0.25) is 10.1 Å². The smallest absolute Gasteiger partial charge is 0.416 e. The molecule has 0 spiro atoms. The molecule has 0 amide bonds. The van der Waals surface area contributed by atoms with Crippen molar-refractivity contribution in [2.75, 3.05) is 6.61 Å². The third-order valence-electron chi connectivity index (χ3n) is 3.44. The number of nitrogens with two attached hydrogens (primary N) is 1. The molecule has 6 nitrogen and oxygen atoms in total. The molecule has 2 aromatic rings. The third-order valence-corrected chi connectivity index (χ3v) is 3.44. The fourth-order valence-corrected chi connectivity index (χ4v) is 2.16. The SMILES string of the molecule is NC(CCO)c1ccc(Oc2cccc(C(F)(F)F)c2)c([N+](=O)[O-])c1. The molecule has 0 aromatic heterocycles. The first-order valence-electron chi connectivity index (χ1n) is 7.22. The molecule has 1 unspecified atom stereocenters. The summed E-state index contributed by atoms with van der Waals surface area (Å²) in [6.07, 6.45) is -4.34. The topological polar surface area (TPSA) is 98.6 Å². The molecular weight excluding hydrogens is 341 g/mol. The minimum Gasteiger partial charge on any atom is -0.450 e. The van der Waals surface area contributed by atoms with Crippen molar-refractivity contribution in [2.24, 2.45) is 5.73 Å². The van der Waals surface area contributed by atoms with E-state index in [0.717, 1.165) is 18.2 Å². The van der Waals surface area contributed by atoms with Crippen molar-refractivity contribution in [3.8, 4) is 11.5 Å². The Labute approximate surface area is 140 Å². The molecule has 0 saturated heterocycles. The highest BCUT2D eigenvalue weighted by Crippen LogP contribution is 2.36. The first-order valence-corrected chi connectivity index (χ1v) is 7.22. The number of ether oxygens (including phenoxy) is 1. The van der Waals surface area contributed by atoms with E-state index >= 15 is 0 Å². The van der Waals surface area contributed by atoms with E-state index in [4.69, 9.17) is 15.6 Å². The Morgan fingerprint density at radius 3 is 2.56 bits per heavy atom. The first-order chi connectivity index (χ1) is 11.7. The normalized spacial score (nSPS) is 12.7. The van der Waals surface area contributed by atoms with Gasteiger partial charge in [0.2, 0.25) is 5.75 Å². The van der Waals surface area contributed by atoms with Crippen LogP contribution >= 0.6 is 0 Å². The molecule has 9 heteroatoms. The number of nitro groups is 1. The van der Waals surface area contributed by atoms with Crippen LogP contribution in [0.1, 0.15) is 23.6 Å². The number of rotatable bonds is 6. The van der Waals surface area contributed by atoms with E-state index in [1.807, 2.05) is 0 Å². The minimum atomic E-state index is -4.55. The summed E-state index contributed by atoms with van der Waals surface area (Å²) in [7, 11) is 0. The fourth-order valence-electron chi connectivity index (χ4n) is 2.16. The van der Waals surface area contributed by atoms with Gasteiger partial charge < -0.3 is 15.6 Å². The van der Waals surface area contributed by atoms with Crippen molar-refractivity contribution in [2.45, 2.75) is 18.6 Å². The van der Waals surface area contributed by atoms with Gasteiger partial charge in [0, 0.05) is 18.7 Å². The van der Waals surface area contributed by atoms with Gasteiger partial charge >= 0.3 is 11.9 Å². The molecule has 0 fully saturated rings. The molecule has 0 saturated carbocycles. The lowest BCUT2D eigenvalue weighted by Gasteiger charge is -2.13. The average Bonchev–Trinajstić information content (AvgIpc) is 2.54. The van der Waals surface area contributed by atoms with E-state index in [1.54, 1.807) is 0 Å². The van der Waals surface area contributed by atoms with Crippen LogP contribution < -0.4 is 10.5 Å². The zero-order valence-electron chi connectivity index (χ0n) is 12.9. The second-order valence-corrected chi connectivity index (χ2v) is 5.23. The van der Waals surface area contributed by atoms with Crippen LogP contribution in [0.3, 0.4) is 0 Å². The van der Waals surface area contributed by atoms with Gasteiger partial charge in [0.15, 0.2) is 0 Å². The zero-order chi connectivity index (χ0) is 18.6. The Morgan fingerprint density at radius 2 is 1.96 bits per heavy atom. The summed E-state index contributed by atoms with van der Waals surface area (Å²) in [6.45, 7) is -0.183. The lowest BCUT2D eigenvalue weighted by molar-refractivity contribution is -0.385. The second-order valence-electron chi connectivity index (χ2n) is 5.23. The molecule has 0 heterocycles. The molecule has 0 aliphatic rings. The van der Waals surface area contributed by atoms with Gasteiger partial charge in [-0.2, -0.15) is 13.2 Å². The minimum absolute atomic E-state index is 0.176. The summed E-state index contributed by atoms with van der Waals surface area (Å²) in [6, 6.07) is 7.36. The van der Waals surface area contributed by atoms with Crippen molar-refractivity contribution in [3.05, 3.63) is 63.7 Å². The number of hydrogen-bond donors (Lipinski definition) is 2. The molecular formula is C16H15F3N2O4. The second kappa shape index (κ2) is 7.49. The summed E-state index contributed by atoms with van der Waals surface area (Å²) in [5.41, 5.74) is 4.86. The number of hydrogen-bond acceptors (Lipinski definition) is 5. The molecule has 0 aliphatic heterocycles. The number of halogens is 3. The predicted molar refractivity (Wildman–Crippen MR) is 83.2 cm³/mol. The van der Waals surface area contributed by atoms with E-state index in [9.17, 15) is 23.3 Å². The zero-order valence-corrected chi connectivity index (χ0v) is 12.9. The van der Waals surface area contributed by atoms with Gasteiger partial charge in [-0.05, 0) is 36.2 Å². The van der Waals surface area contributed by atoms with Crippen LogP contribution in [0.25, 0.3) is 0 Å². The maximum atomic E-state index is 12.7. The van der Waals surface area contributed by atoms with Gasteiger partial charge in [0.25, 0.3) is 0 Å². The van der Waals surface area contributed by atoms with Crippen LogP contribution in [0.15, 0.2) is 42.5 Å². The van der Waals surface area contributed by atoms with Crippen LogP contribution in [-0.2, 0) is 6.18 Å². The molecule has 0 aliphatic carbocycles. The Hall–Kier alpha value is -2.65. The number of benzene rings is 2. The van der Waals surface area contributed by atoms with Gasteiger partial charge in [-0.15, -0.1) is 0 Å². The van der Waals surface area contributed by atoms with Crippen LogP contribution in [0.5, 0.6) is 11.5 Å². The summed E-state index contributed by atoms with van der Waals surface area (Å²) in [5.74, 6) is -0.380. The van der Waals surface area contributed by atoms with E-state index in [1.165, 1.54) is 24.3 Å². The molecule has 0 radical (unpaired) electrons. The quantitative estimate of drug-likeness (QED) is 0.606. The third kappa shape index (κ3) is 4.68. The fraction of sp³-hybridized carbons (Fsp3) is 0.250. The Morgan fingerprint density at radius 1 is 1.24 bits per heavy atom. The number of aliphatic hydroxyl groups excluding tert-OH is 1. The average molecular weight is 356 g/mol. The number of alkyl halides is 3. The van der Waals surface area contributed by atoms with Gasteiger partial charge in [0.05, 0.1) is 10.5 Å². The summed E-state index contributed by atoms with van der Waals surface area (Å²) in [4.78, 5) is 10.5. The predicted octanol–water partition coefficient (Wildman–Crippen LogP) is 3.79. The van der Waals surface area contributed by atoms with E-state index < -0.39 is 28.4 Å². The van der Waals surface area contributed by atoms with Crippen LogP contribution in [0.4, 0.5) is 18.9 Å². The van der Waals surface area contributed by atoms with Crippen LogP contribution in [-0.4, -0.2) is 16.6 Å². The molecule has 0 bridgehead atoms. The Bertz CT molecular complexity index is 765. The van der Waals surface area contributed by atoms with Crippen molar-refractivity contribution >= 4 is 5.69 Å². The van der Waals surface area contributed by atoms with Crippen molar-refractivity contribution in [3.63, 3.8) is 0 Å². The highest BCUT2D eigenvalue weighted by atomic mass is 19.4. The highest BCUT2D eigenvalue weighted by Gasteiger charge is 2.31. The largest absolute Gasteiger partial charge is 0.450 e. The number of nitro benzene ring substituents is 1. The van der Waals surface area contributed by atoms with E-state index in [-0.39, 0.29) is 24.5 Å². The summed E-state index contributed by atoms with van der Waals surface area (Å²) >= 11 is 0. The first kappa shape index (κ1) is 18.7. The Balaban J connectivity index is 2.35. The lowest BCUT2D eigenvalue weighted by atomic mass is 10.0. The maximum absolute atomic E-state index is 12.7. The van der Waals surface area contributed by atoms with Gasteiger partial charge in [-0.1, -0.05) is 12.1 Å². The van der Waals surface area contributed by atoms with Crippen molar-refractivity contribution in [1.82, 2.24) is 0 Å². The standard InChI is InChI=1S/C16H15F3N2O4/c17-16(18,19)11-2-1-3-12(9-11)25-15-5-4-10(13(20)6-7-22)8-14(15)21(23)24/h1-5,8-9,13,22H,6-7,20H2. The molecule has 25 heavy (non-hydrogen) atoms. The van der Waals surface area contributed by atoms with Crippen LogP contribution in [0, 0.1) is 10.1 Å². The van der Waals surface area contributed by atoms with E-state index in [2.05, 4.69) is 0 Å². The molecule has 3 N–H and O–H groups in total. The van der Waals surface area contributed by atoms with Gasteiger partial charge in [-0.25, -0.2) is 0 Å². The lowest BCUT2D eigenvalue weighted by Crippen LogP contribution is -2.12. The number of aliphatic hydroxyl groups is 1. The molecule has 2 rings (SSSR count). The summed E-state index contributed by atoms with van der Waals surface area (Å²) in [5, 5.41) is 20.1. The van der Waals surface area contributed by atoms with Crippen LogP contribution in [0.2, 0.25) is 0 Å². The Kier molecular flexibility index (Phi) is 5.60. The van der Waals surface area contributed by atoms with E-state index in [0.29, 0.717) is 5.56 Å². The molecule has 2 aromatic carbocycles. The van der Waals surface area contributed by atoms with Gasteiger partial charge in [0.1, 0.15) is 5.75 Å². The van der Waals surface area contributed by atoms with Crippen molar-refractivity contribution < 1.29 is 27.9 Å². The maximum Gasteiger partial charge on any atom is 0.416 e. The highest BCUT2D eigenvalue weighted by molar-refractivity contribution is 5.51. The molecule has 134 valence electrons. The summed E-state index contributed by atoms with van der Waals surface area (Å²) < 4.78 is 43.5. The van der Waals surface area contributed by atoms with Crippen molar-refractivity contribution in [1.29, 1.82) is 0 Å².